The van der Waals surface area contributed by atoms with E-state index in [9.17, 15) is 0 Å². The largest absolute Gasteiger partial charge is 0.247 e. The summed E-state index contributed by atoms with van der Waals surface area (Å²) in [5.74, 6) is 0. The standard InChI is InChI=1S/C22H16BrN/c1-15-21(16-8-4-2-5-9-16)19-14-18(23)12-13-20(19)24-22(15)17-10-6-3-7-11-17/h2-14H,1H3. The Morgan fingerprint density at radius 1 is 0.750 bits per heavy atom. The number of pyridine rings is 1. The van der Waals surface area contributed by atoms with Crippen LogP contribution in [-0.2, 0) is 0 Å². The summed E-state index contributed by atoms with van der Waals surface area (Å²) in [5, 5.41) is 1.17. The molecule has 1 nitrogen and oxygen atoms in total. The number of fused-ring (bicyclic) bond motifs is 1. The molecule has 24 heavy (non-hydrogen) atoms. The average Bonchev–Trinajstić information content (AvgIpc) is 2.63. The van der Waals surface area contributed by atoms with Gasteiger partial charge in [-0.25, -0.2) is 4.98 Å². The Kier molecular flexibility index (Phi) is 3.91. The Hall–Kier alpha value is -2.45. The van der Waals surface area contributed by atoms with E-state index in [4.69, 9.17) is 4.98 Å². The van der Waals surface area contributed by atoms with Crippen molar-refractivity contribution in [2.75, 3.05) is 0 Å². The Morgan fingerprint density at radius 3 is 2.04 bits per heavy atom. The smallest absolute Gasteiger partial charge is 0.0745 e. The third kappa shape index (κ3) is 2.63. The fraction of sp³-hybridized carbons (Fsp3) is 0.0455. The van der Waals surface area contributed by atoms with Gasteiger partial charge in [-0.15, -0.1) is 0 Å². The maximum atomic E-state index is 4.95. The molecule has 0 aliphatic carbocycles. The summed E-state index contributed by atoms with van der Waals surface area (Å²) in [6, 6.07) is 27.2. The maximum Gasteiger partial charge on any atom is 0.0745 e. The zero-order chi connectivity index (χ0) is 16.5. The highest BCUT2D eigenvalue weighted by atomic mass is 79.9. The number of hydrogen-bond acceptors (Lipinski definition) is 1. The molecule has 1 heterocycles. The number of rotatable bonds is 2. The molecule has 1 aromatic heterocycles. The molecular formula is C22H16BrN. The van der Waals surface area contributed by atoms with E-state index in [1.165, 1.54) is 22.1 Å². The molecule has 0 aliphatic rings. The van der Waals surface area contributed by atoms with Crippen molar-refractivity contribution in [1.82, 2.24) is 4.98 Å². The average molecular weight is 374 g/mol. The van der Waals surface area contributed by atoms with Gasteiger partial charge < -0.3 is 0 Å². The predicted octanol–water partition coefficient (Wildman–Crippen LogP) is 6.64. The minimum Gasteiger partial charge on any atom is -0.247 e. The van der Waals surface area contributed by atoms with Gasteiger partial charge in [0.05, 0.1) is 11.2 Å². The molecule has 0 radical (unpaired) electrons. The quantitative estimate of drug-likeness (QED) is 0.383. The molecule has 2 heteroatoms. The molecule has 116 valence electrons. The van der Waals surface area contributed by atoms with Gasteiger partial charge in [-0.05, 0) is 41.8 Å². The van der Waals surface area contributed by atoms with Gasteiger partial charge in [0.25, 0.3) is 0 Å². The van der Waals surface area contributed by atoms with Crippen LogP contribution in [0.15, 0.2) is 83.3 Å². The Morgan fingerprint density at radius 2 is 1.38 bits per heavy atom. The van der Waals surface area contributed by atoms with Crippen molar-refractivity contribution in [2.45, 2.75) is 6.92 Å². The number of halogens is 1. The molecule has 0 N–H and O–H groups in total. The molecule has 0 atom stereocenters. The van der Waals surface area contributed by atoms with Gasteiger partial charge in [-0.2, -0.15) is 0 Å². The van der Waals surface area contributed by atoms with E-state index >= 15 is 0 Å². The Bertz CT molecular complexity index is 1010. The van der Waals surface area contributed by atoms with E-state index in [1.807, 2.05) is 12.1 Å². The monoisotopic (exact) mass is 373 g/mol. The molecule has 0 unspecified atom stereocenters. The summed E-state index contributed by atoms with van der Waals surface area (Å²) >= 11 is 3.60. The second kappa shape index (κ2) is 6.21. The summed E-state index contributed by atoms with van der Waals surface area (Å²) < 4.78 is 1.07. The third-order valence-electron chi connectivity index (χ3n) is 4.30. The van der Waals surface area contributed by atoms with Gasteiger partial charge in [0.2, 0.25) is 0 Å². The minimum atomic E-state index is 1.02. The van der Waals surface area contributed by atoms with E-state index in [0.717, 1.165) is 21.2 Å². The molecule has 0 saturated carbocycles. The van der Waals surface area contributed by atoms with Gasteiger partial charge in [0.1, 0.15) is 0 Å². The van der Waals surface area contributed by atoms with Crippen LogP contribution in [0, 0.1) is 6.92 Å². The van der Waals surface area contributed by atoms with Crippen molar-refractivity contribution in [2.24, 2.45) is 0 Å². The fourth-order valence-corrected chi connectivity index (χ4v) is 3.55. The molecule has 3 aromatic carbocycles. The van der Waals surface area contributed by atoms with Crippen LogP contribution in [-0.4, -0.2) is 4.98 Å². The van der Waals surface area contributed by atoms with Gasteiger partial charge in [0.15, 0.2) is 0 Å². The van der Waals surface area contributed by atoms with Crippen LogP contribution in [0.25, 0.3) is 33.3 Å². The van der Waals surface area contributed by atoms with E-state index in [1.54, 1.807) is 0 Å². The van der Waals surface area contributed by atoms with Gasteiger partial charge in [-0.1, -0.05) is 76.6 Å². The number of nitrogens with zero attached hydrogens (tertiary/aromatic N) is 1. The summed E-state index contributed by atoms with van der Waals surface area (Å²) in [6.07, 6.45) is 0. The lowest BCUT2D eigenvalue weighted by Gasteiger charge is -2.15. The Balaban J connectivity index is 2.11. The highest BCUT2D eigenvalue weighted by molar-refractivity contribution is 9.10. The first-order valence-corrected chi connectivity index (χ1v) is 8.74. The van der Waals surface area contributed by atoms with Crippen molar-refractivity contribution in [3.05, 3.63) is 88.9 Å². The van der Waals surface area contributed by atoms with Gasteiger partial charge in [0, 0.05) is 15.4 Å². The highest BCUT2D eigenvalue weighted by Gasteiger charge is 2.14. The molecule has 4 aromatic rings. The van der Waals surface area contributed by atoms with E-state index in [0.29, 0.717) is 0 Å². The normalized spacial score (nSPS) is 10.9. The fourth-order valence-electron chi connectivity index (χ4n) is 3.18. The SMILES string of the molecule is Cc1c(-c2ccccc2)nc2ccc(Br)cc2c1-c1ccccc1. The molecule has 0 aliphatic heterocycles. The zero-order valence-electron chi connectivity index (χ0n) is 13.3. The lowest BCUT2D eigenvalue weighted by atomic mass is 9.93. The Labute approximate surface area is 150 Å². The first-order chi connectivity index (χ1) is 11.7. The maximum absolute atomic E-state index is 4.95. The summed E-state index contributed by atoms with van der Waals surface area (Å²) in [4.78, 5) is 4.95. The van der Waals surface area contributed by atoms with Crippen molar-refractivity contribution < 1.29 is 0 Å². The molecule has 4 rings (SSSR count). The molecule has 0 saturated heterocycles. The van der Waals surface area contributed by atoms with Crippen molar-refractivity contribution >= 4 is 26.8 Å². The predicted molar refractivity (Wildman–Crippen MR) is 105 cm³/mol. The van der Waals surface area contributed by atoms with Crippen LogP contribution in [0.5, 0.6) is 0 Å². The van der Waals surface area contributed by atoms with Gasteiger partial charge >= 0.3 is 0 Å². The molecule has 0 fully saturated rings. The second-order valence-electron chi connectivity index (χ2n) is 5.85. The van der Waals surface area contributed by atoms with E-state index < -0.39 is 0 Å². The topological polar surface area (TPSA) is 12.9 Å². The highest BCUT2D eigenvalue weighted by Crippen LogP contribution is 2.37. The van der Waals surface area contributed by atoms with Crippen LogP contribution in [0.1, 0.15) is 5.56 Å². The summed E-state index contributed by atoms with van der Waals surface area (Å²) in [6.45, 7) is 2.16. The van der Waals surface area contributed by atoms with Crippen molar-refractivity contribution in [3.63, 3.8) is 0 Å². The first kappa shape index (κ1) is 15.1. The summed E-state index contributed by atoms with van der Waals surface area (Å²) in [7, 11) is 0. The van der Waals surface area contributed by atoms with Crippen molar-refractivity contribution in [3.8, 4) is 22.4 Å². The number of benzene rings is 3. The first-order valence-electron chi connectivity index (χ1n) is 7.95. The van der Waals surface area contributed by atoms with Crippen LogP contribution in [0.3, 0.4) is 0 Å². The van der Waals surface area contributed by atoms with E-state index in [2.05, 4.69) is 89.6 Å². The summed E-state index contributed by atoms with van der Waals surface area (Å²) in [5.41, 5.74) is 6.89. The van der Waals surface area contributed by atoms with Crippen LogP contribution in [0.4, 0.5) is 0 Å². The van der Waals surface area contributed by atoms with Crippen molar-refractivity contribution in [1.29, 1.82) is 0 Å². The van der Waals surface area contributed by atoms with Crippen LogP contribution >= 0.6 is 15.9 Å². The lowest BCUT2D eigenvalue weighted by Crippen LogP contribution is -1.95. The number of hydrogen-bond donors (Lipinski definition) is 0. The molecule has 0 bridgehead atoms. The second-order valence-corrected chi connectivity index (χ2v) is 6.77. The van der Waals surface area contributed by atoms with E-state index in [-0.39, 0.29) is 0 Å². The lowest BCUT2D eigenvalue weighted by molar-refractivity contribution is 1.33. The van der Waals surface area contributed by atoms with Crippen LogP contribution in [0.2, 0.25) is 0 Å². The number of aromatic nitrogens is 1. The van der Waals surface area contributed by atoms with Crippen LogP contribution < -0.4 is 0 Å². The van der Waals surface area contributed by atoms with Gasteiger partial charge in [-0.3, -0.25) is 0 Å². The molecule has 0 spiro atoms. The molecule has 0 amide bonds. The molecular weight excluding hydrogens is 358 g/mol. The zero-order valence-corrected chi connectivity index (χ0v) is 14.9. The minimum absolute atomic E-state index is 1.02. The third-order valence-corrected chi connectivity index (χ3v) is 4.79.